The van der Waals surface area contributed by atoms with Gasteiger partial charge in [-0.25, -0.2) is 21.6 Å². The van der Waals surface area contributed by atoms with Crippen LogP contribution in [0.15, 0.2) is 46.2 Å². The van der Waals surface area contributed by atoms with Gasteiger partial charge in [-0.2, -0.15) is 4.31 Å². The molecule has 1 atom stereocenters. The Hall–Kier alpha value is -2.47. The molecule has 1 amide bonds. The molecule has 0 bridgehead atoms. The van der Waals surface area contributed by atoms with E-state index in [2.05, 4.69) is 10.0 Å². The van der Waals surface area contributed by atoms with E-state index in [1.54, 1.807) is 32.0 Å². The Morgan fingerprint density at radius 2 is 1.76 bits per heavy atom. The zero-order valence-electron chi connectivity index (χ0n) is 19.8. The molecule has 1 saturated heterocycles. The maximum atomic E-state index is 13.3. The summed E-state index contributed by atoms with van der Waals surface area (Å²) in [6, 6.07) is 9.24. The molecule has 0 aromatic heterocycles. The number of benzene rings is 2. The summed E-state index contributed by atoms with van der Waals surface area (Å²) in [4.78, 5) is 13.2. The zero-order chi connectivity index (χ0) is 25.1. The van der Waals surface area contributed by atoms with Crippen LogP contribution in [0.25, 0.3) is 0 Å². The van der Waals surface area contributed by atoms with Crippen molar-refractivity contribution in [2.24, 2.45) is 5.92 Å². The Kier molecular flexibility index (Phi) is 8.02. The Labute approximate surface area is 201 Å². The lowest BCUT2D eigenvalue weighted by atomic mass is 9.98. The Balaban J connectivity index is 1.78. The van der Waals surface area contributed by atoms with Gasteiger partial charge in [-0.05, 0) is 82.1 Å². The first-order valence-electron chi connectivity index (χ1n) is 11.1. The second kappa shape index (κ2) is 10.4. The summed E-state index contributed by atoms with van der Waals surface area (Å²) >= 11 is 0. The van der Waals surface area contributed by atoms with Gasteiger partial charge in [0, 0.05) is 18.8 Å². The molecule has 0 unspecified atom stereocenters. The predicted molar refractivity (Wildman–Crippen MR) is 130 cm³/mol. The average Bonchev–Trinajstić information content (AvgIpc) is 2.81. The van der Waals surface area contributed by atoms with Gasteiger partial charge in [0.2, 0.25) is 26.0 Å². The second-order valence-electron chi connectivity index (χ2n) is 8.24. The molecule has 2 aromatic rings. The molecule has 186 valence electrons. The van der Waals surface area contributed by atoms with Crippen molar-refractivity contribution in [2.45, 2.75) is 43.4 Å². The number of carbonyl (C=O) groups is 1. The molecule has 0 saturated carbocycles. The Bertz CT molecular complexity index is 1280. The lowest BCUT2D eigenvalue weighted by Gasteiger charge is -2.31. The fourth-order valence-electron chi connectivity index (χ4n) is 3.88. The number of nitrogens with one attached hydrogen (secondary N) is 2. The van der Waals surface area contributed by atoms with E-state index in [4.69, 9.17) is 4.74 Å². The molecular formula is C23H31N3O6S2. The van der Waals surface area contributed by atoms with Crippen molar-refractivity contribution in [1.82, 2.24) is 9.03 Å². The molecule has 3 rings (SSSR count). The quantitative estimate of drug-likeness (QED) is 0.564. The minimum absolute atomic E-state index is 0.0367. The SMILES string of the molecule is CCOc1ccc(S(=O)(=O)N2CCC[C@@H](C(=O)Nc3cc(S(=O)(=O)NC)ccc3C)C2)cc1C. The maximum Gasteiger partial charge on any atom is 0.243 e. The third kappa shape index (κ3) is 5.60. The van der Waals surface area contributed by atoms with Gasteiger partial charge in [-0.1, -0.05) is 6.07 Å². The molecule has 0 radical (unpaired) electrons. The lowest BCUT2D eigenvalue weighted by molar-refractivity contribution is -0.120. The van der Waals surface area contributed by atoms with E-state index in [0.29, 0.717) is 43.0 Å². The van der Waals surface area contributed by atoms with Gasteiger partial charge < -0.3 is 10.1 Å². The number of sulfonamides is 2. The summed E-state index contributed by atoms with van der Waals surface area (Å²) in [7, 11) is -6.13. The molecular weight excluding hydrogens is 478 g/mol. The van der Waals surface area contributed by atoms with Crippen molar-refractivity contribution in [3.63, 3.8) is 0 Å². The number of amides is 1. The Morgan fingerprint density at radius 1 is 1.06 bits per heavy atom. The standard InChI is InChI=1S/C23H31N3O6S2/c1-5-32-22-11-10-20(13-17(22)3)34(30,31)26-12-6-7-18(15-26)23(27)25-21-14-19(9-8-16(21)2)33(28,29)24-4/h8-11,13-14,18,24H,5-7,12,15H2,1-4H3,(H,25,27)/t18-/m1/s1. The number of hydrogen-bond donors (Lipinski definition) is 2. The van der Waals surface area contributed by atoms with Gasteiger partial charge in [0.15, 0.2) is 0 Å². The van der Waals surface area contributed by atoms with Gasteiger partial charge in [0.25, 0.3) is 0 Å². The van der Waals surface area contributed by atoms with Crippen LogP contribution in [0.1, 0.15) is 30.9 Å². The Morgan fingerprint density at radius 3 is 2.41 bits per heavy atom. The van der Waals surface area contributed by atoms with Crippen LogP contribution in [0.4, 0.5) is 5.69 Å². The molecule has 1 fully saturated rings. The number of rotatable bonds is 8. The lowest BCUT2D eigenvalue weighted by Crippen LogP contribution is -2.43. The van der Waals surface area contributed by atoms with Crippen LogP contribution >= 0.6 is 0 Å². The first-order valence-corrected chi connectivity index (χ1v) is 14.0. The van der Waals surface area contributed by atoms with E-state index in [1.807, 2.05) is 6.92 Å². The van der Waals surface area contributed by atoms with E-state index in [9.17, 15) is 21.6 Å². The van der Waals surface area contributed by atoms with Crippen LogP contribution in [-0.4, -0.2) is 53.8 Å². The zero-order valence-corrected chi connectivity index (χ0v) is 21.4. The molecule has 1 aliphatic rings. The first kappa shape index (κ1) is 26.1. The van der Waals surface area contributed by atoms with Gasteiger partial charge in [-0.15, -0.1) is 0 Å². The van der Waals surface area contributed by atoms with Gasteiger partial charge in [0.1, 0.15) is 5.75 Å². The van der Waals surface area contributed by atoms with Crippen LogP contribution in [0.3, 0.4) is 0 Å². The number of aryl methyl sites for hydroxylation is 2. The second-order valence-corrected chi connectivity index (χ2v) is 12.1. The van der Waals surface area contributed by atoms with Crippen LogP contribution in [-0.2, 0) is 24.8 Å². The normalized spacial score (nSPS) is 17.4. The van der Waals surface area contributed by atoms with E-state index in [1.165, 1.54) is 29.6 Å². The van der Waals surface area contributed by atoms with Crippen molar-refractivity contribution >= 4 is 31.6 Å². The molecule has 9 nitrogen and oxygen atoms in total. The van der Waals surface area contributed by atoms with Gasteiger partial charge >= 0.3 is 0 Å². The number of hydrogen-bond acceptors (Lipinski definition) is 6. The largest absolute Gasteiger partial charge is 0.494 e. The van der Waals surface area contributed by atoms with E-state index in [-0.39, 0.29) is 22.2 Å². The van der Waals surface area contributed by atoms with Crippen molar-refractivity contribution in [3.8, 4) is 5.75 Å². The molecule has 11 heteroatoms. The van der Waals surface area contributed by atoms with Crippen LogP contribution in [0, 0.1) is 19.8 Å². The minimum atomic E-state index is -3.78. The van der Waals surface area contributed by atoms with Crippen LogP contribution in [0.5, 0.6) is 5.75 Å². The fraction of sp³-hybridized carbons (Fsp3) is 0.435. The highest BCUT2D eigenvalue weighted by Crippen LogP contribution is 2.28. The highest BCUT2D eigenvalue weighted by molar-refractivity contribution is 7.89. The third-order valence-electron chi connectivity index (χ3n) is 5.88. The van der Waals surface area contributed by atoms with Crippen molar-refractivity contribution in [1.29, 1.82) is 0 Å². The van der Waals surface area contributed by atoms with Crippen molar-refractivity contribution in [2.75, 3.05) is 32.1 Å². The fourth-order valence-corrected chi connectivity index (χ4v) is 6.24. The van der Waals surface area contributed by atoms with Crippen molar-refractivity contribution < 1.29 is 26.4 Å². The maximum absolute atomic E-state index is 13.3. The number of carbonyl (C=O) groups excluding carboxylic acids is 1. The molecule has 34 heavy (non-hydrogen) atoms. The van der Waals surface area contributed by atoms with Crippen molar-refractivity contribution in [3.05, 3.63) is 47.5 Å². The monoisotopic (exact) mass is 509 g/mol. The first-order chi connectivity index (χ1) is 16.0. The third-order valence-corrected chi connectivity index (χ3v) is 9.16. The minimum Gasteiger partial charge on any atom is -0.494 e. The number of nitrogens with zero attached hydrogens (tertiary/aromatic N) is 1. The summed E-state index contributed by atoms with van der Waals surface area (Å²) in [5, 5.41) is 2.79. The van der Waals surface area contributed by atoms with Crippen LogP contribution in [0.2, 0.25) is 0 Å². The predicted octanol–water partition coefficient (Wildman–Crippen LogP) is 2.65. The molecule has 2 aromatic carbocycles. The topological polar surface area (TPSA) is 122 Å². The molecule has 1 aliphatic heterocycles. The number of anilines is 1. The van der Waals surface area contributed by atoms with Gasteiger partial charge in [0.05, 0.1) is 22.3 Å². The molecule has 2 N–H and O–H groups in total. The summed E-state index contributed by atoms with van der Waals surface area (Å²) < 4.78 is 59.8. The average molecular weight is 510 g/mol. The molecule has 0 spiro atoms. The van der Waals surface area contributed by atoms with E-state index >= 15 is 0 Å². The number of ether oxygens (including phenoxy) is 1. The summed E-state index contributed by atoms with van der Waals surface area (Å²) in [5.74, 6) is -0.267. The summed E-state index contributed by atoms with van der Waals surface area (Å²) in [6.45, 7) is 6.28. The van der Waals surface area contributed by atoms with Crippen LogP contribution < -0.4 is 14.8 Å². The summed E-state index contributed by atoms with van der Waals surface area (Å²) in [6.07, 6.45) is 1.08. The summed E-state index contributed by atoms with van der Waals surface area (Å²) in [5.41, 5.74) is 1.80. The van der Waals surface area contributed by atoms with E-state index in [0.717, 1.165) is 5.56 Å². The number of piperidine rings is 1. The molecule has 1 heterocycles. The highest BCUT2D eigenvalue weighted by Gasteiger charge is 2.34. The smallest absolute Gasteiger partial charge is 0.243 e. The highest BCUT2D eigenvalue weighted by atomic mass is 32.2. The molecule has 0 aliphatic carbocycles. The van der Waals surface area contributed by atoms with E-state index < -0.39 is 26.0 Å². The van der Waals surface area contributed by atoms with Gasteiger partial charge in [-0.3, -0.25) is 4.79 Å².